The SMILES string of the molecule is Cc1cc(C)n2nc(SCc3ccccc3C(=O)Nc3sc(C)c(C)c3C#N)nc2n1. The molecule has 1 N–H and O–H groups in total. The number of amides is 1. The van der Waals surface area contributed by atoms with Crippen LogP contribution in [0.5, 0.6) is 0 Å². The normalized spacial score (nSPS) is 10.9. The Balaban J connectivity index is 1.55. The van der Waals surface area contributed by atoms with E-state index in [4.69, 9.17) is 0 Å². The van der Waals surface area contributed by atoms with Crippen LogP contribution in [0.2, 0.25) is 0 Å². The maximum Gasteiger partial charge on any atom is 0.256 e. The Labute approximate surface area is 188 Å². The molecule has 0 aliphatic carbocycles. The molecule has 0 radical (unpaired) electrons. The van der Waals surface area contributed by atoms with E-state index >= 15 is 0 Å². The molecule has 0 saturated heterocycles. The molecule has 156 valence electrons. The fraction of sp³-hybridized carbons (Fsp3) is 0.227. The van der Waals surface area contributed by atoms with E-state index in [1.165, 1.54) is 23.1 Å². The average molecular weight is 449 g/mol. The lowest BCUT2D eigenvalue weighted by atomic mass is 10.1. The van der Waals surface area contributed by atoms with Crippen molar-refractivity contribution >= 4 is 39.8 Å². The maximum atomic E-state index is 13.0. The quantitative estimate of drug-likeness (QED) is 0.439. The molecule has 0 aliphatic rings. The Morgan fingerprint density at radius 3 is 2.77 bits per heavy atom. The van der Waals surface area contributed by atoms with Gasteiger partial charge >= 0.3 is 0 Å². The number of fused-ring (bicyclic) bond motifs is 1. The summed E-state index contributed by atoms with van der Waals surface area (Å²) in [5.74, 6) is 0.870. The topological polar surface area (TPSA) is 96.0 Å². The number of anilines is 1. The molecule has 3 aromatic heterocycles. The maximum absolute atomic E-state index is 13.0. The molecule has 0 spiro atoms. The standard InChI is InChI=1S/C22H20N6OS2/c1-12-9-13(2)28-21(24-12)26-22(27-28)30-11-16-7-5-6-8-17(16)19(29)25-20-18(10-23)14(3)15(4)31-20/h5-9H,11H2,1-4H3,(H,25,29). The van der Waals surface area contributed by atoms with Gasteiger partial charge in [0.1, 0.15) is 11.1 Å². The van der Waals surface area contributed by atoms with Gasteiger partial charge in [-0.25, -0.2) is 9.50 Å². The van der Waals surface area contributed by atoms with E-state index in [1.54, 1.807) is 10.6 Å². The second kappa shape index (κ2) is 8.49. The molecular formula is C22H20N6OS2. The number of carbonyl (C=O) groups excluding carboxylic acids is 1. The third-order valence-electron chi connectivity index (χ3n) is 4.94. The van der Waals surface area contributed by atoms with Crippen molar-refractivity contribution in [2.75, 3.05) is 5.32 Å². The number of hydrogen-bond donors (Lipinski definition) is 1. The summed E-state index contributed by atoms with van der Waals surface area (Å²) < 4.78 is 1.72. The predicted octanol–water partition coefficient (Wildman–Crippen LogP) is 4.84. The van der Waals surface area contributed by atoms with Gasteiger partial charge in [-0.05, 0) is 51.0 Å². The summed E-state index contributed by atoms with van der Waals surface area (Å²) in [6, 6.07) is 11.6. The van der Waals surface area contributed by atoms with Crippen molar-refractivity contribution in [2.45, 2.75) is 38.6 Å². The van der Waals surface area contributed by atoms with Crippen molar-refractivity contribution in [3.63, 3.8) is 0 Å². The zero-order valence-electron chi connectivity index (χ0n) is 17.6. The van der Waals surface area contributed by atoms with Gasteiger partial charge in [0.05, 0.1) is 5.56 Å². The van der Waals surface area contributed by atoms with Gasteiger partial charge in [-0.15, -0.1) is 16.4 Å². The molecule has 0 fully saturated rings. The smallest absolute Gasteiger partial charge is 0.256 e. The van der Waals surface area contributed by atoms with Crippen LogP contribution in [-0.4, -0.2) is 25.5 Å². The number of aromatic nitrogens is 4. The Kier molecular flexibility index (Phi) is 5.76. The lowest BCUT2D eigenvalue weighted by Crippen LogP contribution is -2.14. The fourth-order valence-corrected chi connectivity index (χ4v) is 5.07. The van der Waals surface area contributed by atoms with Crippen LogP contribution in [0.25, 0.3) is 5.78 Å². The minimum Gasteiger partial charge on any atom is -0.312 e. The van der Waals surface area contributed by atoms with Crippen LogP contribution in [0.4, 0.5) is 5.00 Å². The number of nitrogens with zero attached hydrogens (tertiary/aromatic N) is 5. The molecule has 0 atom stereocenters. The highest BCUT2D eigenvalue weighted by molar-refractivity contribution is 7.98. The number of rotatable bonds is 5. The first-order chi connectivity index (χ1) is 14.9. The molecule has 7 nitrogen and oxygen atoms in total. The Morgan fingerprint density at radius 2 is 2.00 bits per heavy atom. The number of carbonyl (C=O) groups is 1. The summed E-state index contributed by atoms with van der Waals surface area (Å²) in [5.41, 5.74) is 4.73. The van der Waals surface area contributed by atoms with Crippen molar-refractivity contribution in [1.29, 1.82) is 5.26 Å². The highest BCUT2D eigenvalue weighted by Gasteiger charge is 2.18. The van der Waals surface area contributed by atoms with Gasteiger partial charge < -0.3 is 5.32 Å². The molecule has 4 aromatic rings. The zero-order chi connectivity index (χ0) is 22.1. The van der Waals surface area contributed by atoms with Crippen molar-refractivity contribution in [2.24, 2.45) is 0 Å². The number of benzene rings is 1. The number of thioether (sulfide) groups is 1. The van der Waals surface area contributed by atoms with Crippen LogP contribution >= 0.6 is 23.1 Å². The molecule has 1 aromatic carbocycles. The highest BCUT2D eigenvalue weighted by Crippen LogP contribution is 2.32. The molecule has 0 unspecified atom stereocenters. The van der Waals surface area contributed by atoms with Crippen LogP contribution in [0.15, 0.2) is 35.5 Å². The molecule has 31 heavy (non-hydrogen) atoms. The van der Waals surface area contributed by atoms with Crippen LogP contribution in [0.1, 0.15) is 43.3 Å². The number of thiophene rings is 1. The number of hydrogen-bond acceptors (Lipinski definition) is 7. The molecule has 9 heteroatoms. The van der Waals surface area contributed by atoms with Gasteiger partial charge in [-0.2, -0.15) is 10.2 Å². The summed E-state index contributed by atoms with van der Waals surface area (Å²) >= 11 is 2.87. The number of nitrogens with one attached hydrogen (secondary N) is 1. The lowest BCUT2D eigenvalue weighted by Gasteiger charge is -2.08. The summed E-state index contributed by atoms with van der Waals surface area (Å²) in [4.78, 5) is 22.9. The van der Waals surface area contributed by atoms with Crippen molar-refractivity contribution in [3.05, 3.63) is 68.9 Å². The van der Waals surface area contributed by atoms with Gasteiger partial charge in [0.2, 0.25) is 5.16 Å². The van der Waals surface area contributed by atoms with E-state index in [0.717, 1.165) is 27.4 Å². The monoisotopic (exact) mass is 448 g/mol. The molecule has 0 saturated carbocycles. The molecular weight excluding hydrogens is 428 g/mol. The minimum absolute atomic E-state index is 0.231. The van der Waals surface area contributed by atoms with E-state index in [1.807, 2.05) is 52.0 Å². The summed E-state index contributed by atoms with van der Waals surface area (Å²) in [6.07, 6.45) is 0. The first-order valence-corrected chi connectivity index (χ1v) is 11.4. The van der Waals surface area contributed by atoms with Gasteiger partial charge in [0.15, 0.2) is 0 Å². The summed E-state index contributed by atoms with van der Waals surface area (Å²) in [6.45, 7) is 7.73. The third-order valence-corrected chi connectivity index (χ3v) is 6.95. The summed E-state index contributed by atoms with van der Waals surface area (Å²) in [5, 5.41) is 18.1. The Bertz CT molecular complexity index is 1350. The van der Waals surface area contributed by atoms with Gasteiger partial charge in [0, 0.05) is 27.6 Å². The third kappa shape index (κ3) is 4.17. The lowest BCUT2D eigenvalue weighted by molar-refractivity contribution is 0.102. The number of aryl methyl sites for hydroxylation is 3. The van der Waals surface area contributed by atoms with Crippen molar-refractivity contribution in [3.8, 4) is 6.07 Å². The van der Waals surface area contributed by atoms with Crippen LogP contribution < -0.4 is 5.32 Å². The second-order valence-electron chi connectivity index (χ2n) is 7.14. The van der Waals surface area contributed by atoms with Gasteiger partial charge in [0.25, 0.3) is 11.7 Å². The molecule has 0 aliphatic heterocycles. The van der Waals surface area contributed by atoms with Crippen LogP contribution in [0, 0.1) is 39.0 Å². The van der Waals surface area contributed by atoms with Crippen LogP contribution in [-0.2, 0) is 5.75 Å². The van der Waals surface area contributed by atoms with E-state index in [-0.39, 0.29) is 5.91 Å². The zero-order valence-corrected chi connectivity index (χ0v) is 19.2. The van der Waals surface area contributed by atoms with Crippen molar-refractivity contribution in [1.82, 2.24) is 19.6 Å². The second-order valence-corrected chi connectivity index (χ2v) is 9.31. The minimum atomic E-state index is -0.231. The fourth-order valence-electron chi connectivity index (χ4n) is 3.24. The van der Waals surface area contributed by atoms with E-state index in [2.05, 4.69) is 26.5 Å². The van der Waals surface area contributed by atoms with E-state index < -0.39 is 0 Å². The first kappa shape index (κ1) is 21.0. The van der Waals surface area contributed by atoms with E-state index in [0.29, 0.717) is 32.8 Å². The molecule has 3 heterocycles. The predicted molar refractivity (Wildman–Crippen MR) is 123 cm³/mol. The largest absolute Gasteiger partial charge is 0.312 e. The summed E-state index contributed by atoms with van der Waals surface area (Å²) in [7, 11) is 0. The van der Waals surface area contributed by atoms with Crippen LogP contribution in [0.3, 0.4) is 0 Å². The molecule has 0 bridgehead atoms. The van der Waals surface area contributed by atoms with Gasteiger partial charge in [-0.1, -0.05) is 30.0 Å². The Hall–Kier alpha value is -3.22. The molecule has 4 rings (SSSR count). The highest BCUT2D eigenvalue weighted by atomic mass is 32.2. The average Bonchev–Trinajstić information content (AvgIpc) is 3.27. The number of nitriles is 1. The Morgan fingerprint density at radius 1 is 1.23 bits per heavy atom. The van der Waals surface area contributed by atoms with E-state index in [9.17, 15) is 10.1 Å². The first-order valence-electron chi connectivity index (χ1n) is 9.60. The molecule has 1 amide bonds. The van der Waals surface area contributed by atoms with Crippen molar-refractivity contribution < 1.29 is 4.79 Å². The van der Waals surface area contributed by atoms with Gasteiger partial charge in [-0.3, -0.25) is 4.79 Å².